The molecule has 1 saturated heterocycles. The van der Waals surface area contributed by atoms with E-state index in [-0.39, 0.29) is 31.1 Å². The summed E-state index contributed by atoms with van der Waals surface area (Å²) in [5, 5.41) is 7.95. The maximum absolute atomic E-state index is 12.7. The largest absolute Gasteiger partial charge is 0.432 e. The van der Waals surface area contributed by atoms with Crippen molar-refractivity contribution >= 4 is 11.8 Å². The highest BCUT2D eigenvalue weighted by Crippen LogP contribution is 2.28. The molecule has 0 saturated carbocycles. The zero-order valence-electron chi connectivity index (χ0n) is 13.0. The number of nitrogens with zero attached hydrogens (tertiary/aromatic N) is 2. The molecule has 0 bridgehead atoms. The fourth-order valence-electron chi connectivity index (χ4n) is 2.72. The van der Waals surface area contributed by atoms with Gasteiger partial charge in [0, 0.05) is 25.6 Å². The number of halogens is 3. The van der Waals surface area contributed by atoms with Crippen LogP contribution in [0.25, 0.3) is 0 Å². The summed E-state index contributed by atoms with van der Waals surface area (Å²) in [6.45, 7) is 0.447. The number of hydrogen-bond acceptors (Lipinski definition) is 3. The quantitative estimate of drug-likeness (QED) is 0.881. The minimum absolute atomic E-state index is 0.205. The maximum Gasteiger partial charge on any atom is 0.432 e. The lowest BCUT2D eigenvalue weighted by Gasteiger charge is -2.34. The van der Waals surface area contributed by atoms with Gasteiger partial charge in [-0.15, -0.1) is 0 Å². The minimum atomic E-state index is -4.62. The topological polar surface area (TPSA) is 78.1 Å². The molecule has 1 unspecified atom stereocenters. The number of carbonyl (C=O) groups excluding carboxylic acids is 2. The summed E-state index contributed by atoms with van der Waals surface area (Å²) < 4.78 is 38.0. The van der Waals surface area contributed by atoms with Crippen molar-refractivity contribution in [2.75, 3.05) is 13.1 Å². The Hall–Kier alpha value is -2.84. The molecule has 132 valence electrons. The van der Waals surface area contributed by atoms with Gasteiger partial charge >= 0.3 is 6.18 Å². The molecule has 1 aromatic carbocycles. The Morgan fingerprint density at radius 3 is 2.64 bits per heavy atom. The van der Waals surface area contributed by atoms with Gasteiger partial charge in [0.05, 0.1) is 0 Å². The number of H-pyrrole nitrogens is 1. The van der Waals surface area contributed by atoms with E-state index in [9.17, 15) is 22.8 Å². The summed E-state index contributed by atoms with van der Waals surface area (Å²) >= 11 is 0. The summed E-state index contributed by atoms with van der Waals surface area (Å²) in [5.41, 5.74) is -0.614. The van der Waals surface area contributed by atoms with Gasteiger partial charge in [-0.25, -0.2) is 0 Å². The maximum atomic E-state index is 12.7. The van der Waals surface area contributed by atoms with E-state index in [1.807, 2.05) is 35.4 Å². The normalized spacial score (nSPS) is 18.1. The molecule has 25 heavy (non-hydrogen) atoms. The zero-order valence-corrected chi connectivity index (χ0v) is 13.0. The molecule has 1 atom stereocenters. The van der Waals surface area contributed by atoms with Crippen LogP contribution in [0.2, 0.25) is 0 Å². The van der Waals surface area contributed by atoms with Gasteiger partial charge in [0.15, 0.2) is 5.69 Å². The summed E-state index contributed by atoms with van der Waals surface area (Å²) in [6.07, 6.45) is -4.34. The second kappa shape index (κ2) is 6.58. The molecule has 1 aliphatic heterocycles. The van der Waals surface area contributed by atoms with Gasteiger partial charge in [-0.2, -0.15) is 18.3 Å². The van der Waals surface area contributed by atoms with E-state index in [1.54, 1.807) is 0 Å². The van der Waals surface area contributed by atoms with Gasteiger partial charge in [-0.05, 0) is 5.56 Å². The first-order chi connectivity index (χ1) is 11.9. The second-order valence-corrected chi connectivity index (χ2v) is 5.66. The van der Waals surface area contributed by atoms with Crippen molar-refractivity contribution in [1.82, 2.24) is 20.4 Å². The van der Waals surface area contributed by atoms with Crippen molar-refractivity contribution in [3.05, 3.63) is 53.3 Å². The van der Waals surface area contributed by atoms with Crippen LogP contribution in [-0.2, 0) is 17.4 Å². The lowest BCUT2D eigenvalue weighted by Crippen LogP contribution is -2.58. The smallest absolute Gasteiger partial charge is 0.353 e. The zero-order chi connectivity index (χ0) is 18.0. The molecule has 2 aromatic rings. The molecule has 0 spiro atoms. The lowest BCUT2D eigenvalue weighted by molar-refractivity contribution is -0.141. The monoisotopic (exact) mass is 352 g/mol. The molecule has 2 heterocycles. The number of carbonyl (C=O) groups is 2. The molecule has 9 heteroatoms. The van der Waals surface area contributed by atoms with Crippen LogP contribution in [0.1, 0.15) is 21.7 Å². The molecule has 0 radical (unpaired) electrons. The number of rotatable bonds is 3. The van der Waals surface area contributed by atoms with E-state index in [2.05, 4.69) is 10.4 Å². The number of hydrogen-bond donors (Lipinski definition) is 2. The molecule has 3 rings (SSSR count). The van der Waals surface area contributed by atoms with E-state index in [0.717, 1.165) is 5.56 Å². The molecule has 1 aliphatic rings. The highest BCUT2D eigenvalue weighted by atomic mass is 19.4. The van der Waals surface area contributed by atoms with Crippen LogP contribution in [0.4, 0.5) is 13.2 Å². The van der Waals surface area contributed by atoms with Crippen LogP contribution in [-0.4, -0.2) is 46.0 Å². The van der Waals surface area contributed by atoms with Crippen LogP contribution in [0.3, 0.4) is 0 Å². The van der Waals surface area contributed by atoms with Crippen LogP contribution in [0.5, 0.6) is 0 Å². The third-order valence-corrected chi connectivity index (χ3v) is 3.97. The van der Waals surface area contributed by atoms with E-state index < -0.39 is 23.8 Å². The molecule has 2 amide bonds. The number of amides is 2. The third-order valence-electron chi connectivity index (χ3n) is 3.97. The second-order valence-electron chi connectivity index (χ2n) is 5.66. The first-order valence-corrected chi connectivity index (χ1v) is 7.61. The van der Waals surface area contributed by atoms with Crippen molar-refractivity contribution in [3.8, 4) is 0 Å². The fourth-order valence-corrected chi connectivity index (χ4v) is 2.72. The number of aromatic amines is 1. The molecular weight excluding hydrogens is 337 g/mol. The number of aromatic nitrogens is 2. The number of alkyl halides is 3. The Labute approximate surface area is 141 Å². The fraction of sp³-hybridized carbons (Fsp3) is 0.312. The Bertz CT molecular complexity index is 773. The molecule has 1 aromatic heterocycles. The summed E-state index contributed by atoms with van der Waals surface area (Å²) in [5.74, 6) is -1.04. The van der Waals surface area contributed by atoms with E-state index in [1.165, 1.54) is 4.90 Å². The van der Waals surface area contributed by atoms with Crippen molar-refractivity contribution in [2.24, 2.45) is 0 Å². The SMILES string of the molecule is O=C1NCCN(C(=O)c2cc(C(F)(F)F)[nH]n2)C1Cc1ccccc1. The van der Waals surface area contributed by atoms with Crippen molar-refractivity contribution in [3.63, 3.8) is 0 Å². The molecule has 6 nitrogen and oxygen atoms in total. The summed E-state index contributed by atoms with van der Waals surface area (Å²) in [6, 6.07) is 8.96. The lowest BCUT2D eigenvalue weighted by atomic mass is 10.0. The highest BCUT2D eigenvalue weighted by molar-refractivity contribution is 5.97. The first-order valence-electron chi connectivity index (χ1n) is 7.61. The van der Waals surface area contributed by atoms with Crippen LogP contribution in [0, 0.1) is 0 Å². The van der Waals surface area contributed by atoms with Gasteiger partial charge < -0.3 is 10.2 Å². The number of piperazine rings is 1. The predicted octanol–water partition coefficient (Wildman–Crippen LogP) is 1.61. The Balaban J connectivity index is 1.83. The Kier molecular flexibility index (Phi) is 4.47. The molecule has 2 N–H and O–H groups in total. The van der Waals surface area contributed by atoms with Crippen LogP contribution >= 0.6 is 0 Å². The number of nitrogens with one attached hydrogen (secondary N) is 2. The standard InChI is InChI=1S/C16H15F3N4O2/c17-16(18,19)13-9-11(21-22-13)15(25)23-7-6-20-14(24)12(23)8-10-4-2-1-3-5-10/h1-5,9,12H,6-8H2,(H,20,24)(H,21,22). The molecular formula is C16H15F3N4O2. The van der Waals surface area contributed by atoms with Crippen LogP contribution in [0.15, 0.2) is 36.4 Å². The Morgan fingerprint density at radius 2 is 2.00 bits per heavy atom. The van der Waals surface area contributed by atoms with Gasteiger partial charge in [0.25, 0.3) is 5.91 Å². The predicted molar refractivity (Wildman–Crippen MR) is 81.6 cm³/mol. The summed E-state index contributed by atoms with van der Waals surface area (Å²) in [4.78, 5) is 26.0. The van der Waals surface area contributed by atoms with Gasteiger partial charge in [-0.1, -0.05) is 30.3 Å². The average Bonchev–Trinajstić information content (AvgIpc) is 3.07. The van der Waals surface area contributed by atoms with Gasteiger partial charge in [0.2, 0.25) is 5.91 Å². The third kappa shape index (κ3) is 3.65. The van der Waals surface area contributed by atoms with Gasteiger partial charge in [0.1, 0.15) is 11.7 Å². The first kappa shape index (κ1) is 17.0. The average molecular weight is 352 g/mol. The van der Waals surface area contributed by atoms with Gasteiger partial charge in [-0.3, -0.25) is 14.7 Å². The minimum Gasteiger partial charge on any atom is -0.353 e. The van der Waals surface area contributed by atoms with E-state index >= 15 is 0 Å². The highest BCUT2D eigenvalue weighted by Gasteiger charge is 2.37. The van der Waals surface area contributed by atoms with E-state index in [0.29, 0.717) is 6.07 Å². The van der Waals surface area contributed by atoms with Crippen LogP contribution < -0.4 is 5.32 Å². The van der Waals surface area contributed by atoms with E-state index in [4.69, 9.17) is 0 Å². The number of benzene rings is 1. The molecule has 1 fully saturated rings. The van der Waals surface area contributed by atoms with Crippen molar-refractivity contribution in [1.29, 1.82) is 0 Å². The summed E-state index contributed by atoms with van der Waals surface area (Å²) in [7, 11) is 0. The molecule has 0 aliphatic carbocycles. The Morgan fingerprint density at radius 1 is 1.28 bits per heavy atom. The van der Waals surface area contributed by atoms with Crippen molar-refractivity contribution in [2.45, 2.75) is 18.6 Å². The van der Waals surface area contributed by atoms with Crippen molar-refractivity contribution < 1.29 is 22.8 Å².